The predicted octanol–water partition coefficient (Wildman–Crippen LogP) is 3.07. The topological polar surface area (TPSA) is 29.1 Å². The number of amides is 1. The third-order valence-corrected chi connectivity index (χ3v) is 2.81. The highest BCUT2D eigenvalue weighted by atomic mass is 79.9. The molecule has 3 heteroatoms. The van der Waals surface area contributed by atoms with Crippen LogP contribution >= 0.6 is 15.9 Å². The number of benzene rings is 1. The van der Waals surface area contributed by atoms with Crippen molar-refractivity contribution >= 4 is 21.8 Å². The molecule has 0 bridgehead atoms. The van der Waals surface area contributed by atoms with Gasteiger partial charge in [0.05, 0.1) is 0 Å². The minimum Gasteiger partial charge on any atom is -0.356 e. The smallest absolute Gasteiger partial charge is 0.243 e. The van der Waals surface area contributed by atoms with E-state index in [1.165, 1.54) is 5.56 Å². The van der Waals surface area contributed by atoms with Gasteiger partial charge in [-0.15, -0.1) is 0 Å². The van der Waals surface area contributed by atoms with Crippen LogP contribution in [0.4, 0.5) is 0 Å². The van der Waals surface area contributed by atoms with E-state index in [1.54, 1.807) is 13.1 Å². The molecule has 0 spiro atoms. The number of hydrogen-bond donors (Lipinski definition) is 1. The molecule has 1 aromatic rings. The largest absolute Gasteiger partial charge is 0.356 e. The molecule has 0 aliphatic heterocycles. The molecule has 0 radical (unpaired) electrons. The normalized spacial score (nSPS) is 11.3. The van der Waals surface area contributed by atoms with Crippen LogP contribution in [0.15, 0.2) is 40.4 Å². The number of rotatable bonds is 4. The standard InChI is InChI=1S/C13H16BrNO/c1-10(8-13(16)15-2)6-7-11-4-3-5-12(14)9-11/h3-5,8-9H,6-7H2,1-2H3,(H,15,16)/b10-8+. The zero-order valence-electron chi connectivity index (χ0n) is 9.59. The number of hydrogen-bond acceptors (Lipinski definition) is 1. The number of likely N-dealkylation sites (N-methyl/N-ethyl adjacent to an activating group) is 1. The summed E-state index contributed by atoms with van der Waals surface area (Å²) >= 11 is 3.44. The average Bonchev–Trinajstić information content (AvgIpc) is 2.26. The number of halogens is 1. The molecule has 0 heterocycles. The Morgan fingerprint density at radius 3 is 2.88 bits per heavy atom. The number of allylic oxidation sites excluding steroid dienone is 1. The lowest BCUT2D eigenvalue weighted by Crippen LogP contribution is -2.14. The summed E-state index contributed by atoms with van der Waals surface area (Å²) in [6, 6.07) is 8.24. The van der Waals surface area contributed by atoms with Gasteiger partial charge in [-0.2, -0.15) is 0 Å². The van der Waals surface area contributed by atoms with E-state index < -0.39 is 0 Å². The predicted molar refractivity (Wildman–Crippen MR) is 70.3 cm³/mol. The van der Waals surface area contributed by atoms with E-state index in [2.05, 4.69) is 33.4 Å². The van der Waals surface area contributed by atoms with Gasteiger partial charge in [0.25, 0.3) is 0 Å². The second-order valence-corrected chi connectivity index (χ2v) is 4.65. The van der Waals surface area contributed by atoms with Crippen molar-refractivity contribution in [3.63, 3.8) is 0 Å². The van der Waals surface area contributed by atoms with Crippen molar-refractivity contribution in [3.05, 3.63) is 46.0 Å². The van der Waals surface area contributed by atoms with Crippen molar-refractivity contribution in [3.8, 4) is 0 Å². The lowest BCUT2D eigenvalue weighted by Gasteiger charge is -2.02. The molecule has 0 aromatic heterocycles. The lowest BCUT2D eigenvalue weighted by atomic mass is 10.1. The van der Waals surface area contributed by atoms with Gasteiger partial charge in [0, 0.05) is 17.6 Å². The Kier molecular flexibility index (Phi) is 5.26. The Morgan fingerprint density at radius 2 is 2.25 bits per heavy atom. The molecule has 1 rings (SSSR count). The van der Waals surface area contributed by atoms with Gasteiger partial charge in [-0.3, -0.25) is 4.79 Å². The Hall–Kier alpha value is -1.09. The number of nitrogens with one attached hydrogen (secondary N) is 1. The summed E-state index contributed by atoms with van der Waals surface area (Å²) in [7, 11) is 1.64. The zero-order chi connectivity index (χ0) is 12.0. The van der Waals surface area contributed by atoms with Crippen LogP contribution in [0.25, 0.3) is 0 Å². The van der Waals surface area contributed by atoms with E-state index in [0.717, 1.165) is 22.9 Å². The summed E-state index contributed by atoms with van der Waals surface area (Å²) in [5, 5.41) is 2.58. The van der Waals surface area contributed by atoms with Crippen LogP contribution in [0.5, 0.6) is 0 Å². The number of carbonyl (C=O) groups is 1. The Balaban J connectivity index is 2.52. The minimum atomic E-state index is -0.0354. The van der Waals surface area contributed by atoms with Crippen molar-refractivity contribution in [1.82, 2.24) is 5.32 Å². The molecule has 1 aromatic carbocycles. The fraction of sp³-hybridized carbons (Fsp3) is 0.308. The quantitative estimate of drug-likeness (QED) is 0.845. The summed E-state index contributed by atoms with van der Waals surface area (Å²) in [5.74, 6) is -0.0354. The highest BCUT2D eigenvalue weighted by Crippen LogP contribution is 2.14. The fourth-order valence-electron chi connectivity index (χ4n) is 1.40. The summed E-state index contributed by atoms with van der Waals surface area (Å²) in [6.07, 6.45) is 3.51. The summed E-state index contributed by atoms with van der Waals surface area (Å²) in [5.41, 5.74) is 2.37. The number of aryl methyl sites for hydroxylation is 1. The van der Waals surface area contributed by atoms with Crippen molar-refractivity contribution in [2.24, 2.45) is 0 Å². The van der Waals surface area contributed by atoms with Crippen LogP contribution in [0.3, 0.4) is 0 Å². The van der Waals surface area contributed by atoms with Crippen molar-refractivity contribution in [2.75, 3.05) is 7.05 Å². The molecule has 1 amide bonds. The second kappa shape index (κ2) is 6.48. The molecule has 2 nitrogen and oxygen atoms in total. The molecule has 1 N–H and O–H groups in total. The molecule has 0 aliphatic rings. The third-order valence-electron chi connectivity index (χ3n) is 2.32. The van der Waals surface area contributed by atoms with Gasteiger partial charge in [0.1, 0.15) is 0 Å². The number of carbonyl (C=O) groups excluding carboxylic acids is 1. The van der Waals surface area contributed by atoms with Gasteiger partial charge in [-0.05, 0) is 37.5 Å². The second-order valence-electron chi connectivity index (χ2n) is 3.73. The minimum absolute atomic E-state index is 0.0354. The van der Waals surface area contributed by atoms with Crippen LogP contribution in [0.1, 0.15) is 18.9 Å². The Bertz CT molecular complexity index is 399. The summed E-state index contributed by atoms with van der Waals surface area (Å²) < 4.78 is 1.10. The highest BCUT2D eigenvalue weighted by molar-refractivity contribution is 9.10. The SMILES string of the molecule is CNC(=O)/C=C(\C)CCc1cccc(Br)c1. The maximum Gasteiger partial charge on any atom is 0.243 e. The fourth-order valence-corrected chi connectivity index (χ4v) is 1.85. The monoisotopic (exact) mass is 281 g/mol. The molecule has 0 saturated carbocycles. The zero-order valence-corrected chi connectivity index (χ0v) is 11.2. The van der Waals surface area contributed by atoms with Gasteiger partial charge in [-0.25, -0.2) is 0 Å². The van der Waals surface area contributed by atoms with E-state index in [-0.39, 0.29) is 5.91 Å². The molecule has 16 heavy (non-hydrogen) atoms. The van der Waals surface area contributed by atoms with E-state index in [4.69, 9.17) is 0 Å². The summed E-state index contributed by atoms with van der Waals surface area (Å²) in [4.78, 5) is 11.1. The van der Waals surface area contributed by atoms with Crippen LogP contribution in [-0.2, 0) is 11.2 Å². The Morgan fingerprint density at radius 1 is 1.50 bits per heavy atom. The average molecular weight is 282 g/mol. The first-order valence-corrected chi connectivity index (χ1v) is 6.04. The van der Waals surface area contributed by atoms with E-state index in [1.807, 2.05) is 19.1 Å². The van der Waals surface area contributed by atoms with Gasteiger partial charge >= 0.3 is 0 Å². The molecular weight excluding hydrogens is 266 g/mol. The lowest BCUT2D eigenvalue weighted by molar-refractivity contribution is -0.116. The summed E-state index contributed by atoms with van der Waals surface area (Å²) in [6.45, 7) is 1.98. The van der Waals surface area contributed by atoms with Crippen LogP contribution < -0.4 is 5.32 Å². The first kappa shape index (κ1) is 13.0. The highest BCUT2D eigenvalue weighted by Gasteiger charge is 1.98. The van der Waals surface area contributed by atoms with Gasteiger partial charge in [0.15, 0.2) is 0 Å². The molecule has 0 atom stereocenters. The first-order chi connectivity index (χ1) is 7.61. The van der Waals surface area contributed by atoms with Crippen LogP contribution in [-0.4, -0.2) is 13.0 Å². The van der Waals surface area contributed by atoms with Gasteiger partial charge in [0.2, 0.25) is 5.91 Å². The van der Waals surface area contributed by atoms with Crippen LogP contribution in [0.2, 0.25) is 0 Å². The third kappa shape index (κ3) is 4.62. The van der Waals surface area contributed by atoms with Crippen molar-refractivity contribution < 1.29 is 4.79 Å². The maximum absolute atomic E-state index is 11.1. The van der Waals surface area contributed by atoms with Crippen LogP contribution in [0, 0.1) is 0 Å². The van der Waals surface area contributed by atoms with E-state index >= 15 is 0 Å². The molecule has 0 aliphatic carbocycles. The molecular formula is C13H16BrNO. The first-order valence-electron chi connectivity index (χ1n) is 5.25. The maximum atomic E-state index is 11.1. The molecule has 0 fully saturated rings. The van der Waals surface area contributed by atoms with Crippen molar-refractivity contribution in [1.29, 1.82) is 0 Å². The molecule has 0 unspecified atom stereocenters. The van der Waals surface area contributed by atoms with E-state index in [9.17, 15) is 4.79 Å². The van der Waals surface area contributed by atoms with E-state index in [0.29, 0.717) is 0 Å². The van der Waals surface area contributed by atoms with Gasteiger partial charge in [-0.1, -0.05) is 33.6 Å². The molecule has 86 valence electrons. The molecule has 0 saturated heterocycles. The Labute approximate surface area is 105 Å². The van der Waals surface area contributed by atoms with Gasteiger partial charge < -0.3 is 5.32 Å². The van der Waals surface area contributed by atoms with Crippen molar-refractivity contribution in [2.45, 2.75) is 19.8 Å².